The summed E-state index contributed by atoms with van der Waals surface area (Å²) in [6.45, 7) is 5.89. The van der Waals surface area contributed by atoms with Gasteiger partial charge in [0.15, 0.2) is 0 Å². The Morgan fingerprint density at radius 2 is 1.95 bits per heavy atom. The monoisotopic (exact) mass is 533 g/mol. The first kappa shape index (κ1) is 27.8. The van der Waals surface area contributed by atoms with Gasteiger partial charge in [0.1, 0.15) is 11.9 Å². The highest BCUT2D eigenvalue weighted by Gasteiger charge is 2.26. The van der Waals surface area contributed by atoms with Crippen molar-refractivity contribution in [3.05, 3.63) is 37.8 Å². The van der Waals surface area contributed by atoms with E-state index in [-0.39, 0.29) is 36.2 Å². The number of aromatic nitrogens is 2. The molecule has 0 bridgehead atoms. The van der Waals surface area contributed by atoms with Crippen molar-refractivity contribution in [2.24, 2.45) is 11.3 Å². The first-order valence-electron chi connectivity index (χ1n) is 11.9. The van der Waals surface area contributed by atoms with E-state index in [1.807, 2.05) is 0 Å². The third-order valence-corrected chi connectivity index (χ3v) is 7.06. The van der Waals surface area contributed by atoms with E-state index in [9.17, 15) is 29.1 Å². The van der Waals surface area contributed by atoms with Gasteiger partial charge >= 0.3 is 11.9 Å². The molecule has 6 N–H and O–H groups in total. The number of carbonyl (C=O) groups excluding carboxylic acids is 2. The van der Waals surface area contributed by atoms with Gasteiger partial charge in [-0.1, -0.05) is 20.8 Å². The van der Waals surface area contributed by atoms with Gasteiger partial charge < -0.3 is 20.8 Å². The maximum atomic E-state index is 12.6. The number of hydrogen-bond acceptors (Lipinski definition) is 8. The van der Waals surface area contributed by atoms with Gasteiger partial charge in [-0.25, -0.2) is 4.79 Å². The molecule has 0 saturated carbocycles. The number of fused-ring (bicyclic) bond motifs is 1. The van der Waals surface area contributed by atoms with Crippen LogP contribution in [0.5, 0.6) is 0 Å². The third kappa shape index (κ3) is 7.62. The predicted octanol–water partition coefficient (Wildman–Crippen LogP) is 2.08. The molecule has 0 aliphatic carbocycles. The molecular formula is C24H31N5O7S. The standard InChI is InChI=1S/C24H31N5O7S/c1-24(2,3)22(36)29-23-27-18-14(19(32)28-23)10-12(11-25-18)4-5-13-6-8-16(37-13)20(33)26-15(21(34)35)7-9-17(30)31/h6,8,12,15H,4-5,7,9-11H2,1-3H3,(H,26,33)(H,30,31)(H,34,35)(H3,25,27,28,29,32,36)/t12?,15-/m1/s1. The molecule has 37 heavy (non-hydrogen) atoms. The second kappa shape index (κ2) is 11.5. The number of carbonyl (C=O) groups is 4. The summed E-state index contributed by atoms with van der Waals surface area (Å²) in [4.78, 5) is 67.6. The van der Waals surface area contributed by atoms with E-state index >= 15 is 0 Å². The molecular weight excluding hydrogens is 502 g/mol. The number of aryl methyl sites for hydroxylation is 1. The van der Waals surface area contributed by atoms with Crippen molar-refractivity contribution in [3.8, 4) is 0 Å². The van der Waals surface area contributed by atoms with E-state index in [2.05, 4.69) is 25.9 Å². The van der Waals surface area contributed by atoms with Crippen LogP contribution in [0.15, 0.2) is 16.9 Å². The van der Waals surface area contributed by atoms with Crippen LogP contribution in [0.3, 0.4) is 0 Å². The van der Waals surface area contributed by atoms with Gasteiger partial charge in [-0.2, -0.15) is 4.98 Å². The Balaban J connectivity index is 1.56. The number of hydrogen-bond donors (Lipinski definition) is 6. The number of thiophene rings is 1. The molecule has 0 fully saturated rings. The van der Waals surface area contributed by atoms with Crippen LogP contribution in [0.2, 0.25) is 0 Å². The van der Waals surface area contributed by atoms with Crippen LogP contribution in [0, 0.1) is 11.3 Å². The largest absolute Gasteiger partial charge is 0.481 e. The summed E-state index contributed by atoms with van der Waals surface area (Å²) in [7, 11) is 0. The molecule has 1 aliphatic heterocycles. The zero-order valence-electron chi connectivity index (χ0n) is 20.8. The quantitative estimate of drug-likeness (QED) is 0.265. The van der Waals surface area contributed by atoms with Gasteiger partial charge in [0, 0.05) is 23.3 Å². The number of rotatable bonds is 10. The molecule has 1 unspecified atom stereocenters. The third-order valence-electron chi connectivity index (χ3n) is 5.91. The van der Waals surface area contributed by atoms with Gasteiger partial charge in [-0.3, -0.25) is 29.5 Å². The summed E-state index contributed by atoms with van der Waals surface area (Å²) < 4.78 is 0. The van der Waals surface area contributed by atoms with Crippen molar-refractivity contribution >= 4 is 46.9 Å². The fourth-order valence-electron chi connectivity index (χ4n) is 3.73. The number of amides is 2. The molecule has 3 rings (SSSR count). The molecule has 0 saturated heterocycles. The fourth-order valence-corrected chi connectivity index (χ4v) is 4.66. The Bertz CT molecular complexity index is 1250. The minimum atomic E-state index is -1.29. The molecule has 12 nitrogen and oxygen atoms in total. The van der Waals surface area contributed by atoms with Gasteiger partial charge in [0.25, 0.3) is 11.5 Å². The van der Waals surface area contributed by atoms with E-state index in [1.54, 1.807) is 32.9 Å². The highest BCUT2D eigenvalue weighted by atomic mass is 32.1. The Kier molecular flexibility index (Phi) is 8.69. The van der Waals surface area contributed by atoms with Crippen LogP contribution in [-0.4, -0.2) is 56.5 Å². The smallest absolute Gasteiger partial charge is 0.326 e. The lowest BCUT2D eigenvalue weighted by Crippen LogP contribution is -2.40. The van der Waals surface area contributed by atoms with Gasteiger partial charge in [-0.15, -0.1) is 11.3 Å². The molecule has 3 heterocycles. The SMILES string of the molecule is CC(C)(C)C(=O)Nc1nc2c(c(=O)[nH]1)CC(CCc1ccc(C(=O)N[C@H](CCC(=O)O)C(=O)O)s1)CN2. The van der Waals surface area contributed by atoms with E-state index in [4.69, 9.17) is 5.11 Å². The lowest BCUT2D eigenvalue weighted by molar-refractivity contribution is -0.140. The fraction of sp³-hybridized carbons (Fsp3) is 0.500. The zero-order chi connectivity index (χ0) is 27.3. The van der Waals surface area contributed by atoms with Crippen molar-refractivity contribution < 1.29 is 29.4 Å². The molecule has 13 heteroatoms. The first-order chi connectivity index (χ1) is 17.3. The molecule has 2 amide bonds. The normalized spacial score (nSPS) is 15.7. The number of carboxylic acids is 2. The van der Waals surface area contributed by atoms with Crippen LogP contribution >= 0.6 is 11.3 Å². The van der Waals surface area contributed by atoms with Crippen LogP contribution in [0.25, 0.3) is 0 Å². The molecule has 200 valence electrons. The van der Waals surface area contributed by atoms with Crippen molar-refractivity contribution in [1.29, 1.82) is 0 Å². The van der Waals surface area contributed by atoms with Crippen LogP contribution in [-0.2, 0) is 27.2 Å². The minimum absolute atomic E-state index is 0.104. The average molecular weight is 534 g/mol. The topological polar surface area (TPSA) is 191 Å². The maximum Gasteiger partial charge on any atom is 0.326 e. The predicted molar refractivity (Wildman–Crippen MR) is 137 cm³/mol. The van der Waals surface area contributed by atoms with Crippen molar-refractivity contribution in [1.82, 2.24) is 15.3 Å². The number of aromatic amines is 1. The molecule has 2 aromatic rings. The summed E-state index contributed by atoms with van der Waals surface area (Å²) in [5.74, 6) is -2.53. The number of H-pyrrole nitrogens is 1. The number of carboxylic acid groups (broad SMARTS) is 2. The highest BCUT2D eigenvalue weighted by molar-refractivity contribution is 7.14. The van der Waals surface area contributed by atoms with Crippen molar-refractivity contribution in [2.45, 2.75) is 58.9 Å². The lowest BCUT2D eigenvalue weighted by atomic mass is 9.92. The highest BCUT2D eigenvalue weighted by Crippen LogP contribution is 2.26. The van der Waals surface area contributed by atoms with E-state index in [0.717, 1.165) is 11.3 Å². The van der Waals surface area contributed by atoms with E-state index in [1.165, 1.54) is 11.3 Å². The van der Waals surface area contributed by atoms with Crippen LogP contribution in [0.4, 0.5) is 11.8 Å². The molecule has 0 aromatic carbocycles. The summed E-state index contributed by atoms with van der Waals surface area (Å²) in [5, 5.41) is 26.2. The summed E-state index contributed by atoms with van der Waals surface area (Å²) in [6.07, 6.45) is 1.35. The molecule has 2 atom stereocenters. The summed E-state index contributed by atoms with van der Waals surface area (Å²) in [6, 6.07) is 2.13. The van der Waals surface area contributed by atoms with E-state index in [0.29, 0.717) is 35.6 Å². The summed E-state index contributed by atoms with van der Waals surface area (Å²) in [5.41, 5.74) is -0.414. The second-order valence-corrected chi connectivity index (χ2v) is 11.2. The van der Waals surface area contributed by atoms with Gasteiger partial charge in [0.05, 0.1) is 10.4 Å². The number of anilines is 2. The van der Waals surface area contributed by atoms with Gasteiger partial charge in [0.2, 0.25) is 11.9 Å². The Labute approximate surface area is 216 Å². The minimum Gasteiger partial charge on any atom is -0.481 e. The van der Waals surface area contributed by atoms with Crippen molar-refractivity contribution in [3.63, 3.8) is 0 Å². The molecule has 1 aliphatic rings. The zero-order valence-corrected chi connectivity index (χ0v) is 21.7. The molecule has 0 spiro atoms. The van der Waals surface area contributed by atoms with Crippen LogP contribution < -0.4 is 21.5 Å². The van der Waals surface area contributed by atoms with Crippen molar-refractivity contribution in [2.75, 3.05) is 17.2 Å². The number of nitrogens with one attached hydrogen (secondary N) is 4. The lowest BCUT2D eigenvalue weighted by Gasteiger charge is -2.25. The van der Waals surface area contributed by atoms with E-state index < -0.39 is 29.3 Å². The Hall–Kier alpha value is -3.74. The first-order valence-corrected chi connectivity index (χ1v) is 12.7. The maximum absolute atomic E-state index is 12.6. The Morgan fingerprint density at radius 1 is 1.22 bits per heavy atom. The number of aliphatic carboxylic acids is 2. The number of nitrogens with zero attached hydrogens (tertiary/aromatic N) is 1. The average Bonchev–Trinajstić information content (AvgIpc) is 3.29. The summed E-state index contributed by atoms with van der Waals surface area (Å²) >= 11 is 1.24. The molecule has 2 aromatic heterocycles. The second-order valence-electron chi connectivity index (χ2n) is 10.00. The molecule has 0 radical (unpaired) electrons. The van der Waals surface area contributed by atoms with Crippen LogP contribution in [0.1, 0.15) is 60.1 Å². The van der Waals surface area contributed by atoms with Gasteiger partial charge in [-0.05, 0) is 43.7 Å². The Morgan fingerprint density at radius 3 is 2.59 bits per heavy atom.